The summed E-state index contributed by atoms with van der Waals surface area (Å²) in [6, 6.07) is 10.6. The highest BCUT2D eigenvalue weighted by Gasteiger charge is 2.09. The number of benzene rings is 1. The van der Waals surface area contributed by atoms with Crippen LogP contribution in [0.3, 0.4) is 0 Å². The lowest BCUT2D eigenvalue weighted by Gasteiger charge is -2.15. The first-order valence-electron chi connectivity index (χ1n) is 7.00. The molecule has 2 amide bonds. The van der Waals surface area contributed by atoms with Crippen molar-refractivity contribution in [2.24, 2.45) is 0 Å². The van der Waals surface area contributed by atoms with Crippen molar-refractivity contribution in [2.45, 2.75) is 13.0 Å². The van der Waals surface area contributed by atoms with Crippen LogP contribution in [-0.4, -0.2) is 17.6 Å². The maximum Gasteiger partial charge on any atom is 0.319 e. The molecule has 5 nitrogen and oxygen atoms in total. The van der Waals surface area contributed by atoms with Gasteiger partial charge in [0.15, 0.2) is 0 Å². The van der Waals surface area contributed by atoms with Gasteiger partial charge in [-0.1, -0.05) is 18.7 Å². The first-order chi connectivity index (χ1) is 10.7. The topological polar surface area (TPSA) is 63.2 Å². The predicted octanol–water partition coefficient (Wildman–Crippen LogP) is 3.53. The van der Waals surface area contributed by atoms with Crippen molar-refractivity contribution in [1.82, 2.24) is 10.3 Å². The van der Waals surface area contributed by atoms with Gasteiger partial charge in [0.2, 0.25) is 0 Å². The van der Waals surface area contributed by atoms with E-state index in [9.17, 15) is 4.79 Å². The van der Waals surface area contributed by atoms with Gasteiger partial charge in [0.25, 0.3) is 0 Å². The van der Waals surface area contributed by atoms with Crippen LogP contribution in [0.15, 0.2) is 61.4 Å². The molecule has 1 aromatic carbocycles. The molecule has 114 valence electrons. The number of hydrogen-bond donors (Lipinski definition) is 2. The van der Waals surface area contributed by atoms with Crippen LogP contribution in [0.4, 0.5) is 10.5 Å². The van der Waals surface area contributed by atoms with E-state index in [0.717, 1.165) is 5.56 Å². The number of carbonyl (C=O) groups excluding carboxylic acids is 1. The quantitative estimate of drug-likeness (QED) is 0.802. The number of rotatable bonds is 6. The highest BCUT2D eigenvalue weighted by molar-refractivity contribution is 5.89. The summed E-state index contributed by atoms with van der Waals surface area (Å²) in [7, 11) is 0. The number of pyridine rings is 1. The standard InChI is InChI=1S/C17H19N3O2/c1-3-11-22-16-6-4-5-15(12-16)20-17(21)19-13(2)14-7-9-18-10-8-14/h3-10,12-13H,1,11H2,2H3,(H2,19,20,21). The molecule has 0 fully saturated rings. The Morgan fingerprint density at radius 1 is 1.36 bits per heavy atom. The summed E-state index contributed by atoms with van der Waals surface area (Å²) in [4.78, 5) is 16.0. The van der Waals surface area contributed by atoms with Crippen molar-refractivity contribution in [3.05, 3.63) is 67.0 Å². The third kappa shape index (κ3) is 4.63. The second kappa shape index (κ2) is 7.83. The molecule has 1 atom stereocenters. The SMILES string of the molecule is C=CCOc1cccc(NC(=O)NC(C)c2ccncc2)c1. The number of amides is 2. The van der Waals surface area contributed by atoms with Crippen LogP contribution in [-0.2, 0) is 0 Å². The van der Waals surface area contributed by atoms with Crippen molar-refractivity contribution in [3.8, 4) is 5.75 Å². The first kappa shape index (κ1) is 15.6. The molecule has 0 aliphatic rings. The first-order valence-corrected chi connectivity index (χ1v) is 7.00. The molecule has 5 heteroatoms. The number of ether oxygens (including phenoxy) is 1. The van der Waals surface area contributed by atoms with E-state index < -0.39 is 0 Å². The third-order valence-corrected chi connectivity index (χ3v) is 3.01. The van der Waals surface area contributed by atoms with Crippen LogP contribution in [0.2, 0.25) is 0 Å². The van der Waals surface area contributed by atoms with Gasteiger partial charge in [0.1, 0.15) is 12.4 Å². The van der Waals surface area contributed by atoms with Gasteiger partial charge in [0.05, 0.1) is 6.04 Å². The second-order valence-electron chi connectivity index (χ2n) is 4.73. The fourth-order valence-corrected chi connectivity index (χ4v) is 1.92. The molecule has 0 radical (unpaired) electrons. The van der Waals surface area contributed by atoms with Crippen LogP contribution >= 0.6 is 0 Å². The Morgan fingerprint density at radius 2 is 2.14 bits per heavy atom. The number of urea groups is 1. The molecule has 2 N–H and O–H groups in total. The minimum atomic E-state index is -0.273. The van der Waals surface area contributed by atoms with Crippen LogP contribution in [0.5, 0.6) is 5.75 Å². The Labute approximate surface area is 130 Å². The minimum Gasteiger partial charge on any atom is -0.489 e. The highest BCUT2D eigenvalue weighted by atomic mass is 16.5. The summed E-state index contributed by atoms with van der Waals surface area (Å²) in [6.45, 7) is 5.94. The smallest absolute Gasteiger partial charge is 0.319 e. The van der Waals surface area contributed by atoms with Gasteiger partial charge in [-0.05, 0) is 36.8 Å². The number of carbonyl (C=O) groups is 1. The summed E-state index contributed by atoms with van der Waals surface area (Å²) in [5.74, 6) is 0.680. The maximum atomic E-state index is 12.0. The van der Waals surface area contributed by atoms with Gasteiger partial charge in [-0.3, -0.25) is 4.98 Å². The lowest BCUT2D eigenvalue weighted by atomic mass is 10.1. The largest absolute Gasteiger partial charge is 0.489 e. The lowest BCUT2D eigenvalue weighted by molar-refractivity contribution is 0.249. The molecule has 2 rings (SSSR count). The van der Waals surface area contributed by atoms with Gasteiger partial charge in [-0.25, -0.2) is 4.79 Å². The number of aromatic nitrogens is 1. The van der Waals surface area contributed by atoms with Gasteiger partial charge < -0.3 is 15.4 Å². The maximum absolute atomic E-state index is 12.0. The summed E-state index contributed by atoms with van der Waals surface area (Å²) in [5, 5.41) is 5.66. The van der Waals surface area contributed by atoms with E-state index in [1.54, 1.807) is 30.6 Å². The molecular formula is C17H19N3O2. The molecule has 2 aromatic rings. The van der Waals surface area contributed by atoms with Crippen LogP contribution in [0.1, 0.15) is 18.5 Å². The van der Waals surface area contributed by atoms with Gasteiger partial charge in [-0.15, -0.1) is 0 Å². The zero-order valence-electron chi connectivity index (χ0n) is 12.5. The van der Waals surface area contributed by atoms with Crippen LogP contribution in [0.25, 0.3) is 0 Å². The molecule has 22 heavy (non-hydrogen) atoms. The lowest BCUT2D eigenvalue weighted by Crippen LogP contribution is -2.31. The van der Waals surface area contributed by atoms with Gasteiger partial charge in [0, 0.05) is 24.1 Å². The Bertz CT molecular complexity index is 629. The zero-order chi connectivity index (χ0) is 15.8. The second-order valence-corrected chi connectivity index (χ2v) is 4.73. The van der Waals surface area contributed by atoms with E-state index in [0.29, 0.717) is 18.0 Å². The zero-order valence-corrected chi connectivity index (χ0v) is 12.5. The monoisotopic (exact) mass is 297 g/mol. The van der Waals surface area contributed by atoms with Gasteiger partial charge >= 0.3 is 6.03 Å². The molecule has 1 unspecified atom stereocenters. The van der Waals surface area contributed by atoms with E-state index in [4.69, 9.17) is 4.74 Å². The van der Waals surface area contributed by atoms with Crippen molar-refractivity contribution >= 4 is 11.7 Å². The average Bonchev–Trinajstić information content (AvgIpc) is 2.54. The van der Waals surface area contributed by atoms with Crippen LogP contribution in [0, 0.1) is 0 Å². The number of hydrogen-bond acceptors (Lipinski definition) is 3. The Kier molecular flexibility index (Phi) is 5.54. The minimum absolute atomic E-state index is 0.108. The van der Waals surface area contributed by atoms with Crippen molar-refractivity contribution in [1.29, 1.82) is 0 Å². The molecule has 0 bridgehead atoms. The molecular weight excluding hydrogens is 278 g/mol. The predicted molar refractivity (Wildman–Crippen MR) is 86.9 cm³/mol. The summed E-state index contributed by atoms with van der Waals surface area (Å²) in [6.07, 6.45) is 5.07. The fourth-order valence-electron chi connectivity index (χ4n) is 1.92. The molecule has 0 aliphatic heterocycles. The molecule has 0 saturated heterocycles. The summed E-state index contributed by atoms with van der Waals surface area (Å²) >= 11 is 0. The molecule has 1 heterocycles. The molecule has 1 aromatic heterocycles. The fraction of sp³-hybridized carbons (Fsp3) is 0.176. The van der Waals surface area contributed by atoms with Crippen molar-refractivity contribution < 1.29 is 9.53 Å². The normalized spacial score (nSPS) is 11.3. The van der Waals surface area contributed by atoms with E-state index in [-0.39, 0.29) is 12.1 Å². The number of anilines is 1. The Balaban J connectivity index is 1.93. The van der Waals surface area contributed by atoms with Crippen LogP contribution < -0.4 is 15.4 Å². The van der Waals surface area contributed by atoms with Gasteiger partial charge in [-0.2, -0.15) is 0 Å². The van der Waals surface area contributed by atoms with E-state index in [1.807, 2.05) is 31.2 Å². The summed E-state index contributed by atoms with van der Waals surface area (Å²) < 4.78 is 5.43. The van der Waals surface area contributed by atoms with E-state index in [1.165, 1.54) is 0 Å². The third-order valence-electron chi connectivity index (χ3n) is 3.01. The van der Waals surface area contributed by atoms with E-state index >= 15 is 0 Å². The Morgan fingerprint density at radius 3 is 2.86 bits per heavy atom. The highest BCUT2D eigenvalue weighted by Crippen LogP contribution is 2.17. The number of nitrogens with zero attached hydrogens (tertiary/aromatic N) is 1. The molecule has 0 saturated carbocycles. The molecule has 0 aliphatic carbocycles. The van der Waals surface area contributed by atoms with Crippen molar-refractivity contribution in [2.75, 3.05) is 11.9 Å². The van der Waals surface area contributed by atoms with Crippen molar-refractivity contribution in [3.63, 3.8) is 0 Å². The van der Waals surface area contributed by atoms with E-state index in [2.05, 4.69) is 22.2 Å². The Hall–Kier alpha value is -2.82. The average molecular weight is 297 g/mol. The number of nitrogens with one attached hydrogen (secondary N) is 2. The summed E-state index contributed by atoms with van der Waals surface area (Å²) in [5.41, 5.74) is 1.66. The molecule has 0 spiro atoms.